The number of rotatable bonds is 5. The molecule has 0 unspecified atom stereocenters. The number of benzene rings is 2. The normalized spacial score (nSPS) is 16.7. The van der Waals surface area contributed by atoms with E-state index in [4.69, 9.17) is 14.2 Å². The van der Waals surface area contributed by atoms with Crippen molar-refractivity contribution in [3.05, 3.63) is 48.0 Å². The molecule has 2 aliphatic rings. The largest absolute Gasteiger partial charge is 0.494 e. The van der Waals surface area contributed by atoms with Gasteiger partial charge in [0.2, 0.25) is 16.8 Å². The summed E-state index contributed by atoms with van der Waals surface area (Å²) in [5, 5.41) is 0. The number of nitrogens with zero attached hydrogens (tertiary/aromatic N) is 2. The highest BCUT2D eigenvalue weighted by Gasteiger charge is 2.32. The Hall–Kier alpha value is -2.78. The van der Waals surface area contributed by atoms with Crippen molar-refractivity contribution >= 4 is 15.9 Å². The van der Waals surface area contributed by atoms with Crippen LogP contribution in [-0.2, 0) is 10.0 Å². The van der Waals surface area contributed by atoms with Gasteiger partial charge in [0.1, 0.15) is 5.75 Å². The fourth-order valence-corrected chi connectivity index (χ4v) is 4.85. The van der Waals surface area contributed by atoms with Gasteiger partial charge in [0, 0.05) is 26.2 Å². The maximum absolute atomic E-state index is 12.9. The Morgan fingerprint density at radius 2 is 1.76 bits per heavy atom. The first-order valence-electron chi connectivity index (χ1n) is 9.41. The number of para-hydroxylation sites is 1. The number of hydrogen-bond acceptors (Lipinski definition) is 6. The van der Waals surface area contributed by atoms with Crippen molar-refractivity contribution in [3.63, 3.8) is 0 Å². The quantitative estimate of drug-likeness (QED) is 0.738. The van der Waals surface area contributed by atoms with E-state index >= 15 is 0 Å². The predicted octanol–water partition coefficient (Wildman–Crippen LogP) is 1.96. The van der Waals surface area contributed by atoms with Crippen LogP contribution < -0.4 is 14.2 Å². The minimum Gasteiger partial charge on any atom is -0.494 e. The zero-order valence-corrected chi connectivity index (χ0v) is 16.9. The molecule has 8 nitrogen and oxygen atoms in total. The summed E-state index contributed by atoms with van der Waals surface area (Å²) in [6, 6.07) is 11.6. The van der Waals surface area contributed by atoms with Crippen LogP contribution in [0.5, 0.6) is 17.2 Å². The number of amides is 1. The third-order valence-corrected chi connectivity index (χ3v) is 6.84. The van der Waals surface area contributed by atoms with Gasteiger partial charge in [-0.15, -0.1) is 0 Å². The van der Waals surface area contributed by atoms with Gasteiger partial charge in [-0.3, -0.25) is 4.79 Å². The van der Waals surface area contributed by atoms with Crippen LogP contribution in [0.15, 0.2) is 47.4 Å². The molecule has 2 aliphatic heterocycles. The van der Waals surface area contributed by atoms with Crippen LogP contribution in [0.2, 0.25) is 0 Å². The smallest absolute Gasteiger partial charge is 0.257 e. The van der Waals surface area contributed by atoms with E-state index in [0.717, 1.165) is 0 Å². The molecule has 0 aliphatic carbocycles. The standard InChI is InChI=1S/C20H22N2O6S/c1-2-26-15-6-8-16(9-7-15)29(24,25)22-12-10-21(11-13-22)20(23)17-4-3-5-18-19(17)28-14-27-18/h3-9H,2,10-14H2,1H3. The molecule has 0 spiro atoms. The average Bonchev–Trinajstić information content (AvgIpc) is 3.23. The van der Waals surface area contributed by atoms with Crippen LogP contribution in [-0.4, -0.2) is 63.1 Å². The van der Waals surface area contributed by atoms with Crippen LogP contribution in [0.4, 0.5) is 0 Å². The summed E-state index contributed by atoms with van der Waals surface area (Å²) in [5.41, 5.74) is 0.433. The number of carbonyl (C=O) groups excluding carboxylic acids is 1. The van der Waals surface area contributed by atoms with Crippen molar-refractivity contribution in [2.24, 2.45) is 0 Å². The van der Waals surface area contributed by atoms with Crippen LogP contribution in [0.25, 0.3) is 0 Å². The van der Waals surface area contributed by atoms with E-state index in [1.54, 1.807) is 47.4 Å². The molecule has 0 N–H and O–H groups in total. The van der Waals surface area contributed by atoms with Gasteiger partial charge < -0.3 is 19.1 Å². The topological polar surface area (TPSA) is 85.4 Å². The summed E-state index contributed by atoms with van der Waals surface area (Å²) in [5.74, 6) is 1.43. The Labute approximate surface area is 169 Å². The summed E-state index contributed by atoms with van der Waals surface area (Å²) in [7, 11) is -3.62. The highest BCUT2D eigenvalue weighted by Crippen LogP contribution is 2.36. The Morgan fingerprint density at radius 3 is 2.45 bits per heavy atom. The molecule has 0 atom stereocenters. The van der Waals surface area contributed by atoms with Crippen LogP contribution in [0, 0.1) is 0 Å². The first kappa shape index (κ1) is 19.5. The van der Waals surface area contributed by atoms with E-state index in [1.807, 2.05) is 6.92 Å². The van der Waals surface area contributed by atoms with E-state index in [2.05, 4.69) is 0 Å². The van der Waals surface area contributed by atoms with Crippen molar-refractivity contribution in [3.8, 4) is 17.2 Å². The fourth-order valence-electron chi connectivity index (χ4n) is 3.42. The molecule has 0 radical (unpaired) electrons. The molecular weight excluding hydrogens is 396 g/mol. The van der Waals surface area contributed by atoms with E-state index in [1.165, 1.54) is 4.31 Å². The lowest BCUT2D eigenvalue weighted by Gasteiger charge is -2.34. The van der Waals surface area contributed by atoms with Crippen molar-refractivity contribution in [2.75, 3.05) is 39.6 Å². The monoisotopic (exact) mass is 418 g/mol. The van der Waals surface area contributed by atoms with Crippen LogP contribution >= 0.6 is 0 Å². The maximum Gasteiger partial charge on any atom is 0.257 e. The second kappa shape index (κ2) is 7.92. The molecule has 2 heterocycles. The van der Waals surface area contributed by atoms with Gasteiger partial charge in [-0.25, -0.2) is 8.42 Å². The molecule has 0 bridgehead atoms. The predicted molar refractivity (Wildman–Crippen MR) is 105 cm³/mol. The Balaban J connectivity index is 1.44. The molecule has 0 aromatic heterocycles. The second-order valence-corrected chi connectivity index (χ2v) is 8.58. The van der Waals surface area contributed by atoms with Gasteiger partial charge >= 0.3 is 0 Å². The molecule has 1 amide bonds. The molecular formula is C20H22N2O6S. The summed E-state index contributed by atoms with van der Waals surface area (Å²) in [6.07, 6.45) is 0. The first-order chi connectivity index (χ1) is 14.0. The highest BCUT2D eigenvalue weighted by molar-refractivity contribution is 7.89. The third kappa shape index (κ3) is 3.75. The SMILES string of the molecule is CCOc1ccc(S(=O)(=O)N2CCN(C(=O)c3cccc4c3OCO4)CC2)cc1. The highest BCUT2D eigenvalue weighted by atomic mass is 32.2. The molecule has 154 valence electrons. The number of ether oxygens (including phenoxy) is 3. The summed E-state index contributed by atoms with van der Waals surface area (Å²) in [4.78, 5) is 14.7. The van der Waals surface area contributed by atoms with Crippen molar-refractivity contribution in [1.82, 2.24) is 9.21 Å². The number of carbonyl (C=O) groups is 1. The molecule has 9 heteroatoms. The van der Waals surface area contributed by atoms with Crippen LogP contribution in [0.1, 0.15) is 17.3 Å². The molecule has 2 aromatic rings. The lowest BCUT2D eigenvalue weighted by atomic mass is 10.1. The van der Waals surface area contributed by atoms with Gasteiger partial charge in [0.05, 0.1) is 17.1 Å². The number of hydrogen-bond donors (Lipinski definition) is 0. The molecule has 1 fully saturated rings. The van der Waals surface area contributed by atoms with Crippen molar-refractivity contribution in [1.29, 1.82) is 0 Å². The van der Waals surface area contributed by atoms with Gasteiger partial charge in [-0.05, 0) is 43.3 Å². The average molecular weight is 418 g/mol. The molecule has 0 saturated carbocycles. The number of fused-ring (bicyclic) bond motifs is 1. The lowest BCUT2D eigenvalue weighted by Crippen LogP contribution is -2.50. The summed E-state index contributed by atoms with van der Waals surface area (Å²) >= 11 is 0. The maximum atomic E-state index is 12.9. The number of sulfonamides is 1. The fraction of sp³-hybridized carbons (Fsp3) is 0.350. The van der Waals surface area contributed by atoms with E-state index in [0.29, 0.717) is 42.5 Å². The van der Waals surface area contributed by atoms with E-state index in [9.17, 15) is 13.2 Å². The number of piperazine rings is 1. The summed E-state index contributed by atoms with van der Waals surface area (Å²) in [6.45, 7) is 3.55. The van der Waals surface area contributed by atoms with Crippen LogP contribution in [0.3, 0.4) is 0 Å². The lowest BCUT2D eigenvalue weighted by molar-refractivity contribution is 0.0693. The first-order valence-corrected chi connectivity index (χ1v) is 10.9. The van der Waals surface area contributed by atoms with E-state index in [-0.39, 0.29) is 30.7 Å². The zero-order chi connectivity index (χ0) is 20.4. The molecule has 4 rings (SSSR count). The van der Waals surface area contributed by atoms with Gasteiger partial charge in [-0.2, -0.15) is 4.31 Å². The van der Waals surface area contributed by atoms with E-state index < -0.39 is 10.0 Å². The minimum absolute atomic E-state index is 0.0910. The third-order valence-electron chi connectivity index (χ3n) is 4.93. The van der Waals surface area contributed by atoms with Gasteiger partial charge in [0.15, 0.2) is 11.5 Å². The zero-order valence-electron chi connectivity index (χ0n) is 16.0. The van der Waals surface area contributed by atoms with Gasteiger partial charge in [-0.1, -0.05) is 6.07 Å². The van der Waals surface area contributed by atoms with Gasteiger partial charge in [0.25, 0.3) is 5.91 Å². The second-order valence-electron chi connectivity index (χ2n) is 6.64. The Morgan fingerprint density at radius 1 is 1.03 bits per heavy atom. The molecule has 1 saturated heterocycles. The minimum atomic E-state index is -3.62. The van der Waals surface area contributed by atoms with Crippen molar-refractivity contribution in [2.45, 2.75) is 11.8 Å². The molecule has 29 heavy (non-hydrogen) atoms. The Kier molecular flexibility index (Phi) is 5.33. The molecule has 2 aromatic carbocycles. The van der Waals surface area contributed by atoms with Crippen molar-refractivity contribution < 1.29 is 27.4 Å². The summed E-state index contributed by atoms with van der Waals surface area (Å²) < 4.78 is 43.3. The Bertz CT molecular complexity index is 998.